The third kappa shape index (κ3) is 6.99. The topological polar surface area (TPSA) is 140 Å². The highest BCUT2D eigenvalue weighted by Gasteiger charge is 2.46. The van der Waals surface area contributed by atoms with Crippen molar-refractivity contribution in [2.24, 2.45) is 16.3 Å². The van der Waals surface area contributed by atoms with Crippen LogP contribution in [0.25, 0.3) is 0 Å². The molecule has 1 aromatic carbocycles. The molecule has 3 rings (SSSR count). The van der Waals surface area contributed by atoms with E-state index < -0.39 is 34.9 Å². The van der Waals surface area contributed by atoms with Gasteiger partial charge in [-0.05, 0) is 59.8 Å². The van der Waals surface area contributed by atoms with Crippen LogP contribution in [0.1, 0.15) is 53.5 Å². The molecule has 0 unspecified atom stereocenters. The lowest BCUT2D eigenvalue weighted by Gasteiger charge is -2.35. The normalized spacial score (nSPS) is 24.3. The number of carboxylic acid groups (broad SMARTS) is 1. The summed E-state index contributed by atoms with van der Waals surface area (Å²) < 4.78 is 0.466. The summed E-state index contributed by atoms with van der Waals surface area (Å²) in [6.07, 6.45) is 0.810. The number of phenolic OH excluding ortho intramolecular Hbond substituents is 1. The first-order valence-electron chi connectivity index (χ1n) is 13.3. The largest absolute Gasteiger partial charge is 0.507 e. The number of halogens is 1. The third-order valence-corrected chi connectivity index (χ3v) is 9.34. The molecule has 220 valence electrons. The first kappa shape index (κ1) is 31.9. The summed E-state index contributed by atoms with van der Waals surface area (Å²) in [7, 11) is 1.55. The Kier molecular flexibility index (Phi) is 9.66. The second-order valence-electron chi connectivity index (χ2n) is 12.1. The van der Waals surface area contributed by atoms with E-state index in [1.165, 1.54) is 22.7 Å². The number of nitrogens with zero attached hydrogens (tertiary/aromatic N) is 3. The Morgan fingerprint density at radius 3 is 2.50 bits per heavy atom. The van der Waals surface area contributed by atoms with Gasteiger partial charge in [0.1, 0.15) is 17.8 Å². The summed E-state index contributed by atoms with van der Waals surface area (Å²) in [6, 6.07) is 2.76. The van der Waals surface area contributed by atoms with Gasteiger partial charge in [-0.25, -0.2) is 4.79 Å². The van der Waals surface area contributed by atoms with Gasteiger partial charge in [0, 0.05) is 31.2 Å². The molecule has 1 aromatic rings. The summed E-state index contributed by atoms with van der Waals surface area (Å²) >= 11 is 4.68. The number of likely N-dealkylation sites (N-methyl/N-ethyl adjacent to an activating group) is 1. The second-order valence-corrected chi connectivity index (χ2v) is 13.9. The van der Waals surface area contributed by atoms with Crippen LogP contribution >= 0.6 is 27.7 Å². The smallest absolute Gasteiger partial charge is 0.332 e. The van der Waals surface area contributed by atoms with Gasteiger partial charge >= 0.3 is 5.97 Å². The molecule has 0 saturated carbocycles. The fraction of sp³-hybridized carbons (Fsp3) is 0.607. The van der Waals surface area contributed by atoms with Gasteiger partial charge < -0.3 is 25.3 Å². The van der Waals surface area contributed by atoms with Crippen LogP contribution in [0, 0.1) is 11.3 Å². The number of rotatable bonds is 8. The molecule has 3 amide bonds. The number of hydrogen-bond acceptors (Lipinski definition) is 7. The number of aromatic hydroxyl groups is 1. The van der Waals surface area contributed by atoms with Gasteiger partial charge in [-0.1, -0.05) is 33.8 Å². The van der Waals surface area contributed by atoms with E-state index >= 15 is 0 Å². The van der Waals surface area contributed by atoms with Gasteiger partial charge in [-0.15, -0.1) is 11.8 Å². The molecular weight excluding hydrogens is 600 g/mol. The fourth-order valence-electron chi connectivity index (χ4n) is 4.74. The van der Waals surface area contributed by atoms with Crippen LogP contribution in [0.4, 0.5) is 0 Å². The summed E-state index contributed by atoms with van der Waals surface area (Å²) in [5.41, 5.74) is -1.21. The molecule has 2 aliphatic rings. The maximum atomic E-state index is 14.3. The van der Waals surface area contributed by atoms with Gasteiger partial charge in [-0.3, -0.25) is 19.4 Å². The summed E-state index contributed by atoms with van der Waals surface area (Å²) in [6.45, 7) is 10.9. The third-order valence-electron chi connectivity index (χ3n) is 7.34. The molecular formula is C28H39BrN4O6S. The lowest BCUT2D eigenvalue weighted by atomic mass is 9.95. The Hall–Kier alpha value is -2.60. The van der Waals surface area contributed by atoms with Crippen LogP contribution in [0.3, 0.4) is 0 Å². The zero-order valence-corrected chi connectivity index (χ0v) is 26.4. The van der Waals surface area contributed by atoms with Crippen molar-refractivity contribution in [3.63, 3.8) is 0 Å². The SMILES string of the molecule is C[C@H]1C[C@@H](C2=N[C@](C)(C(=O)O)CS2)N(C(=O)[C@@H](Cc2ccc(O)c(Br)c2)N(C)C(=O)[C@H](C)NC(=O)C(C)(C)C)C1. The number of aliphatic imine (C=N–C) groups is 1. The molecule has 2 aliphatic heterocycles. The molecule has 2 heterocycles. The molecule has 10 nitrogen and oxygen atoms in total. The summed E-state index contributed by atoms with van der Waals surface area (Å²) in [5.74, 6) is -1.48. The Labute approximate surface area is 248 Å². The Balaban J connectivity index is 1.94. The maximum absolute atomic E-state index is 14.3. The van der Waals surface area contributed by atoms with Crippen LogP contribution < -0.4 is 5.32 Å². The minimum atomic E-state index is -1.24. The minimum absolute atomic E-state index is 0.0563. The maximum Gasteiger partial charge on any atom is 0.332 e. The van der Waals surface area contributed by atoms with E-state index in [2.05, 4.69) is 26.2 Å². The zero-order valence-electron chi connectivity index (χ0n) is 24.0. The molecule has 0 aliphatic carbocycles. The van der Waals surface area contributed by atoms with Gasteiger partial charge in [-0.2, -0.15) is 0 Å². The Bertz CT molecular complexity index is 1220. The minimum Gasteiger partial charge on any atom is -0.507 e. The molecule has 0 spiro atoms. The lowest BCUT2D eigenvalue weighted by molar-refractivity contribution is -0.146. The van der Waals surface area contributed by atoms with Gasteiger partial charge in [0.2, 0.25) is 17.7 Å². The summed E-state index contributed by atoms with van der Waals surface area (Å²) in [4.78, 5) is 59.8. The highest BCUT2D eigenvalue weighted by Crippen LogP contribution is 2.36. The van der Waals surface area contributed by atoms with Crippen molar-refractivity contribution in [1.29, 1.82) is 0 Å². The number of phenols is 1. The Morgan fingerprint density at radius 2 is 1.95 bits per heavy atom. The van der Waals surface area contributed by atoms with E-state index in [9.17, 15) is 29.4 Å². The number of likely N-dealkylation sites (tertiary alicyclic amines) is 1. The van der Waals surface area contributed by atoms with Gasteiger partial charge in [0.05, 0.1) is 15.6 Å². The molecule has 0 aromatic heterocycles. The fourth-order valence-corrected chi connectivity index (χ4v) is 6.47. The van der Waals surface area contributed by atoms with Crippen LogP contribution in [-0.2, 0) is 25.6 Å². The summed E-state index contributed by atoms with van der Waals surface area (Å²) in [5, 5.41) is 23.0. The van der Waals surface area contributed by atoms with Crippen molar-refractivity contribution < 1.29 is 29.4 Å². The van der Waals surface area contributed by atoms with Crippen molar-refractivity contribution in [1.82, 2.24) is 15.1 Å². The quantitative estimate of drug-likeness (QED) is 0.397. The van der Waals surface area contributed by atoms with Crippen LogP contribution in [0.5, 0.6) is 5.75 Å². The number of amides is 3. The first-order chi connectivity index (χ1) is 18.4. The number of carboxylic acids is 1. The highest BCUT2D eigenvalue weighted by molar-refractivity contribution is 9.10. The van der Waals surface area contributed by atoms with E-state index in [1.807, 2.05) is 6.92 Å². The van der Waals surface area contributed by atoms with E-state index in [0.717, 1.165) is 5.56 Å². The van der Waals surface area contributed by atoms with Crippen LogP contribution in [0.2, 0.25) is 0 Å². The predicted octanol–water partition coefficient (Wildman–Crippen LogP) is 3.30. The number of carbonyl (C=O) groups excluding carboxylic acids is 3. The van der Waals surface area contributed by atoms with Crippen molar-refractivity contribution in [3.8, 4) is 5.75 Å². The molecule has 1 saturated heterocycles. The predicted molar refractivity (Wildman–Crippen MR) is 158 cm³/mol. The first-order valence-corrected chi connectivity index (χ1v) is 15.0. The number of aliphatic carboxylic acids is 1. The van der Waals surface area contributed by atoms with E-state index in [-0.39, 0.29) is 35.9 Å². The average Bonchev–Trinajstić information content (AvgIpc) is 3.46. The van der Waals surface area contributed by atoms with Crippen LogP contribution in [0.15, 0.2) is 27.7 Å². The molecule has 0 bridgehead atoms. The second kappa shape index (κ2) is 12.1. The zero-order chi connectivity index (χ0) is 30.2. The lowest BCUT2D eigenvalue weighted by Crippen LogP contribution is -2.57. The van der Waals surface area contributed by atoms with Gasteiger partial charge in [0.25, 0.3) is 0 Å². The molecule has 3 N–H and O–H groups in total. The molecule has 5 atom stereocenters. The number of hydrogen-bond donors (Lipinski definition) is 3. The van der Waals surface area contributed by atoms with Crippen molar-refractivity contribution >= 4 is 56.4 Å². The Morgan fingerprint density at radius 1 is 1.30 bits per heavy atom. The van der Waals surface area contributed by atoms with E-state index in [0.29, 0.717) is 28.2 Å². The van der Waals surface area contributed by atoms with Crippen molar-refractivity contribution in [2.45, 2.75) is 78.0 Å². The monoisotopic (exact) mass is 638 g/mol. The van der Waals surface area contributed by atoms with Gasteiger partial charge in [0.15, 0.2) is 5.54 Å². The molecule has 12 heteroatoms. The van der Waals surface area contributed by atoms with Crippen LogP contribution in [-0.4, -0.2) is 91.8 Å². The van der Waals surface area contributed by atoms with Crippen molar-refractivity contribution in [3.05, 3.63) is 28.2 Å². The average molecular weight is 640 g/mol. The molecule has 0 radical (unpaired) electrons. The number of carbonyl (C=O) groups is 4. The van der Waals surface area contributed by atoms with Crippen molar-refractivity contribution in [2.75, 3.05) is 19.3 Å². The number of benzene rings is 1. The van der Waals surface area contributed by atoms with E-state index in [4.69, 9.17) is 0 Å². The molecule has 40 heavy (non-hydrogen) atoms. The highest BCUT2D eigenvalue weighted by atomic mass is 79.9. The standard InChI is InChI=1S/C28H39BrN4O6S/c1-15-10-19(22-31-28(6,14-40-22)26(38)39)33(13-15)24(36)20(12-17-8-9-21(34)18(29)11-17)32(7)23(35)16(2)30-25(37)27(3,4)5/h8-9,11,15-16,19-20,34H,10,12-14H2,1-7H3,(H,30,37)(H,38,39)/t15-,16-,19-,20+,28-/m0/s1. The number of thioether (sulfide) groups is 1. The number of nitrogens with one attached hydrogen (secondary N) is 1. The van der Waals surface area contributed by atoms with E-state index in [1.54, 1.807) is 58.7 Å². The molecule has 1 fully saturated rings.